The van der Waals surface area contributed by atoms with Crippen molar-refractivity contribution in [3.05, 3.63) is 59.9 Å². The van der Waals surface area contributed by atoms with Crippen LogP contribution in [0.1, 0.15) is 11.1 Å². The first-order chi connectivity index (χ1) is 11.1. The number of fused-ring (bicyclic) bond motifs is 3. The minimum atomic E-state index is 0. The maximum Gasteiger partial charge on any atom is 1.00 e. The molecule has 0 N–H and O–H groups in total. The van der Waals surface area contributed by atoms with E-state index in [0.717, 1.165) is 38.9 Å². The SMILES string of the molecule is Cc1cc2c3cccnc3n(-c3c[c-]cc[n+]3C)c2c(C)c1[O-].[Bk].[Li+]. The summed E-state index contributed by atoms with van der Waals surface area (Å²) in [7, 11) is 1.98. The summed E-state index contributed by atoms with van der Waals surface area (Å²) in [5.74, 6) is 1.02. The zero-order valence-corrected chi connectivity index (χ0v) is 17.4. The van der Waals surface area contributed by atoms with Crippen molar-refractivity contribution in [1.29, 1.82) is 0 Å². The molecule has 0 saturated carbocycles. The Morgan fingerprint density at radius 3 is 2.72 bits per heavy atom. The molecule has 0 bridgehead atoms. The van der Waals surface area contributed by atoms with Gasteiger partial charge in [0.2, 0.25) is 5.65 Å². The van der Waals surface area contributed by atoms with E-state index >= 15 is 0 Å². The van der Waals surface area contributed by atoms with Gasteiger partial charge in [-0.1, -0.05) is 17.4 Å². The second kappa shape index (κ2) is 6.31. The average Bonchev–Trinajstić information content (AvgIpc) is 2.88. The number of hydrogen-bond acceptors (Lipinski definition) is 2. The minimum absolute atomic E-state index is 0. The Kier molecular flexibility index (Phi) is 4.56. The fraction of sp³-hybridized carbons (Fsp3) is 0.158. The normalized spacial score (nSPS) is 10.5. The van der Waals surface area contributed by atoms with Crippen molar-refractivity contribution < 1.29 is 28.5 Å². The number of rotatable bonds is 1. The zero-order valence-electron chi connectivity index (χ0n) is 14.6. The van der Waals surface area contributed by atoms with Crippen LogP contribution in [0, 0.1) is 19.9 Å². The molecule has 4 rings (SSSR count). The van der Waals surface area contributed by atoms with Crippen LogP contribution < -0.4 is 28.5 Å². The Hall–Kier alpha value is -3.28. The number of hydrogen-bond donors (Lipinski definition) is 0. The van der Waals surface area contributed by atoms with E-state index in [-0.39, 0.29) is 24.6 Å². The first-order valence-corrected chi connectivity index (χ1v) is 7.52. The Bertz CT molecular complexity index is 1080. The third kappa shape index (κ3) is 2.42. The molecule has 6 heteroatoms. The smallest absolute Gasteiger partial charge is 0.872 e. The molecular weight excluding hydrogens is 540 g/mol. The molecule has 4 aromatic rings. The van der Waals surface area contributed by atoms with Gasteiger partial charge in [0.1, 0.15) is 5.52 Å². The molecular formula is C19H16BkLiN3O. The predicted molar refractivity (Wildman–Crippen MR) is 87.5 cm³/mol. The maximum atomic E-state index is 12.5. The molecule has 0 atom stereocenters. The van der Waals surface area contributed by atoms with Crippen LogP contribution >= 0.6 is 0 Å². The standard InChI is InChI=1S/C19H17N3O.Bk.Li/c1-12-11-15-14-7-6-9-20-19(14)22(17(15)13(2)18(12)23)16-8-4-5-10-21(16)3;;/h5-11,23H,1-3H3;;/q;;+1/p-1. The molecule has 3 heterocycles. The zero-order chi connectivity index (χ0) is 16.1. The van der Waals surface area contributed by atoms with Gasteiger partial charge < -0.3 is 9.67 Å². The molecule has 0 aliphatic rings. The summed E-state index contributed by atoms with van der Waals surface area (Å²) >= 11 is 0. The van der Waals surface area contributed by atoms with Gasteiger partial charge in [0, 0.05) is 11.6 Å². The largest absolute Gasteiger partial charge is 1.00 e. The second-order valence-corrected chi connectivity index (χ2v) is 5.85. The molecule has 0 spiro atoms. The number of nitrogens with zero attached hydrogens (tertiary/aromatic N) is 3. The van der Waals surface area contributed by atoms with E-state index in [2.05, 4.69) is 21.7 Å². The van der Waals surface area contributed by atoms with Crippen LogP contribution in [0.3, 0.4) is 0 Å². The van der Waals surface area contributed by atoms with Crippen molar-refractivity contribution in [2.45, 2.75) is 13.8 Å². The van der Waals surface area contributed by atoms with Gasteiger partial charge in [-0.05, 0) is 43.8 Å². The summed E-state index contributed by atoms with van der Waals surface area (Å²) in [6.45, 7) is 3.75. The van der Waals surface area contributed by atoms with Crippen LogP contribution in [0.2, 0.25) is 0 Å². The molecule has 0 unspecified atom stereocenters. The van der Waals surface area contributed by atoms with Gasteiger partial charge in [0.05, 0.1) is 12.4 Å². The van der Waals surface area contributed by atoms with Gasteiger partial charge in [-0.3, -0.25) is 0 Å². The second-order valence-electron chi connectivity index (χ2n) is 5.85. The molecule has 25 heavy (non-hydrogen) atoms. The molecule has 0 amide bonds. The van der Waals surface area contributed by atoms with Gasteiger partial charge >= 0.3 is 18.9 Å². The quantitative estimate of drug-likeness (QED) is 0.181. The molecule has 4 nitrogen and oxygen atoms in total. The van der Waals surface area contributed by atoms with Gasteiger partial charge in [-0.25, -0.2) is 9.55 Å². The molecule has 0 fully saturated rings. The van der Waals surface area contributed by atoms with Crippen molar-refractivity contribution in [2.75, 3.05) is 0 Å². The Balaban J connectivity index is 0.00000113. The van der Waals surface area contributed by atoms with E-state index in [9.17, 15) is 5.11 Å². The summed E-state index contributed by atoms with van der Waals surface area (Å²) in [6.07, 6.45) is 3.72. The number of aromatic nitrogens is 3. The van der Waals surface area contributed by atoms with Crippen LogP contribution in [0.5, 0.6) is 5.75 Å². The first kappa shape index (κ1) is 18.1. The monoisotopic (exact) mass is 556 g/mol. The third-order valence-corrected chi connectivity index (χ3v) is 4.38. The Morgan fingerprint density at radius 2 is 2.00 bits per heavy atom. The van der Waals surface area contributed by atoms with Crippen LogP contribution in [0.4, 0.5) is 0 Å². The summed E-state index contributed by atoms with van der Waals surface area (Å²) in [6, 6.07) is 12.8. The fourth-order valence-electron chi connectivity index (χ4n) is 3.24. The van der Waals surface area contributed by atoms with Gasteiger partial charge in [-0.15, -0.1) is 6.07 Å². The molecule has 0 aliphatic heterocycles. The van der Waals surface area contributed by atoms with Crippen molar-refractivity contribution in [1.82, 2.24) is 9.55 Å². The molecule has 123 valence electrons. The topological polar surface area (TPSA) is 44.8 Å². The number of benzene rings is 1. The number of aryl methyl sites for hydroxylation is 3. The third-order valence-electron chi connectivity index (χ3n) is 4.38. The molecule has 0 aliphatic carbocycles. The predicted octanol–water partition coefficient (Wildman–Crippen LogP) is -0.502. The maximum absolute atomic E-state index is 12.5. The molecule has 3 aromatic heterocycles. The van der Waals surface area contributed by atoms with Crippen LogP contribution in [0.15, 0.2) is 42.7 Å². The molecule has 1 radical (unpaired) electrons. The number of pyridine rings is 2. The van der Waals surface area contributed by atoms with Crippen LogP contribution in [-0.2, 0) is 7.05 Å². The van der Waals surface area contributed by atoms with E-state index in [1.807, 2.05) is 55.9 Å². The fourth-order valence-corrected chi connectivity index (χ4v) is 3.24. The summed E-state index contributed by atoms with van der Waals surface area (Å²) in [4.78, 5) is 4.57. The Morgan fingerprint density at radius 1 is 1.24 bits per heavy atom. The van der Waals surface area contributed by atoms with E-state index in [1.54, 1.807) is 6.20 Å². The Labute approximate surface area is 152 Å². The van der Waals surface area contributed by atoms with Crippen molar-refractivity contribution in [2.24, 2.45) is 7.05 Å². The average molecular weight is 556 g/mol. The van der Waals surface area contributed by atoms with Crippen molar-refractivity contribution in [3.8, 4) is 11.6 Å². The van der Waals surface area contributed by atoms with Crippen LogP contribution in [0.25, 0.3) is 27.8 Å². The van der Waals surface area contributed by atoms with E-state index in [0.29, 0.717) is 0 Å². The van der Waals surface area contributed by atoms with E-state index < -0.39 is 0 Å². The molecule has 0 saturated heterocycles. The van der Waals surface area contributed by atoms with Crippen molar-refractivity contribution in [3.63, 3.8) is 0 Å². The van der Waals surface area contributed by atoms with E-state index in [1.165, 1.54) is 0 Å². The van der Waals surface area contributed by atoms with Gasteiger partial charge in [0.25, 0.3) is 0 Å². The van der Waals surface area contributed by atoms with Gasteiger partial charge in [0.15, 0.2) is 5.82 Å². The van der Waals surface area contributed by atoms with Crippen LogP contribution in [-0.4, -0.2) is 9.55 Å². The summed E-state index contributed by atoms with van der Waals surface area (Å²) < 4.78 is 4.06. The van der Waals surface area contributed by atoms with E-state index in [4.69, 9.17) is 0 Å². The van der Waals surface area contributed by atoms with Gasteiger partial charge in [-0.2, -0.15) is 6.07 Å². The minimum Gasteiger partial charge on any atom is -0.872 e. The summed E-state index contributed by atoms with van der Waals surface area (Å²) in [5.41, 5.74) is 3.29. The van der Waals surface area contributed by atoms with Crippen molar-refractivity contribution >= 4 is 21.9 Å². The first-order valence-electron chi connectivity index (χ1n) is 7.52. The summed E-state index contributed by atoms with van der Waals surface area (Å²) in [5, 5.41) is 14.6. The molecule has 1 aromatic carbocycles.